The van der Waals surface area contributed by atoms with Crippen molar-refractivity contribution >= 4 is 45.9 Å². The first-order valence-corrected chi connectivity index (χ1v) is 11.4. The molecule has 0 saturated carbocycles. The van der Waals surface area contributed by atoms with E-state index in [2.05, 4.69) is 30.6 Å². The van der Waals surface area contributed by atoms with Gasteiger partial charge in [0.15, 0.2) is 0 Å². The topological polar surface area (TPSA) is 95.6 Å². The molecule has 0 unspecified atom stereocenters. The Labute approximate surface area is 213 Å². The van der Waals surface area contributed by atoms with E-state index in [1.54, 1.807) is 36.8 Å². The third-order valence-electron chi connectivity index (χ3n) is 5.63. The number of hydrogen-bond donors (Lipinski definition) is 3. The number of aromatic nitrogens is 4. The molecule has 5 rings (SSSR count). The zero-order valence-electron chi connectivity index (χ0n) is 19.2. The fraction of sp³-hybridized carbons (Fsp3) is 0.0769. The summed E-state index contributed by atoms with van der Waals surface area (Å²) >= 11 is 6.03. The monoisotopic (exact) mass is 522 g/mol. The smallest absolute Gasteiger partial charge is 0.358 e. The molecular formula is C26H18ClF3N6O. The Morgan fingerprint density at radius 3 is 2.62 bits per heavy atom. The minimum atomic E-state index is -4.57. The third-order valence-corrected chi connectivity index (χ3v) is 5.96. The van der Waals surface area contributed by atoms with Crippen LogP contribution in [0.3, 0.4) is 0 Å². The number of hydrogen-bond acceptors (Lipinski definition) is 5. The molecule has 186 valence electrons. The lowest BCUT2D eigenvalue weighted by Crippen LogP contribution is -2.14. The van der Waals surface area contributed by atoms with Gasteiger partial charge in [-0.3, -0.25) is 9.78 Å². The van der Waals surface area contributed by atoms with Gasteiger partial charge in [-0.15, -0.1) is 0 Å². The SMILES string of the molecule is Cc1ccc(C(=O)Nc2cc(C(F)(F)F)ccc2Cl)cc1Nc1nc(-c2cccnc2)c2[nH]ccc2n1. The number of fused-ring (bicyclic) bond motifs is 1. The number of pyridine rings is 1. The van der Waals surface area contributed by atoms with Crippen LogP contribution in [0.25, 0.3) is 22.3 Å². The van der Waals surface area contributed by atoms with Crippen LogP contribution in [0.5, 0.6) is 0 Å². The van der Waals surface area contributed by atoms with E-state index in [1.165, 1.54) is 0 Å². The summed E-state index contributed by atoms with van der Waals surface area (Å²) in [5.74, 6) is -0.324. The zero-order chi connectivity index (χ0) is 26.2. The van der Waals surface area contributed by atoms with Crippen LogP contribution in [-0.4, -0.2) is 25.8 Å². The number of benzene rings is 2. The van der Waals surface area contributed by atoms with E-state index in [0.717, 1.165) is 34.8 Å². The highest BCUT2D eigenvalue weighted by Crippen LogP contribution is 2.34. The molecule has 0 saturated heterocycles. The summed E-state index contributed by atoms with van der Waals surface area (Å²) < 4.78 is 39.3. The molecule has 3 N–H and O–H groups in total. The van der Waals surface area contributed by atoms with Crippen LogP contribution >= 0.6 is 11.6 Å². The van der Waals surface area contributed by atoms with Gasteiger partial charge in [0.25, 0.3) is 5.91 Å². The number of H-pyrrole nitrogens is 1. The number of nitrogens with zero attached hydrogens (tertiary/aromatic N) is 3. The van der Waals surface area contributed by atoms with E-state index < -0.39 is 17.6 Å². The normalized spacial score (nSPS) is 11.5. The Hall–Kier alpha value is -4.44. The van der Waals surface area contributed by atoms with Crippen molar-refractivity contribution in [1.82, 2.24) is 19.9 Å². The average molecular weight is 523 g/mol. The van der Waals surface area contributed by atoms with Crippen molar-refractivity contribution in [3.05, 3.63) is 94.9 Å². The van der Waals surface area contributed by atoms with Gasteiger partial charge in [-0.05, 0) is 61.0 Å². The van der Waals surface area contributed by atoms with Crippen LogP contribution < -0.4 is 10.6 Å². The summed E-state index contributed by atoms with van der Waals surface area (Å²) in [6.07, 6.45) is 0.558. The van der Waals surface area contributed by atoms with Crippen LogP contribution in [0, 0.1) is 6.92 Å². The molecule has 7 nitrogen and oxygen atoms in total. The molecule has 5 aromatic rings. The Bertz CT molecular complexity index is 1620. The average Bonchev–Trinajstić information content (AvgIpc) is 3.35. The second-order valence-electron chi connectivity index (χ2n) is 8.18. The Kier molecular flexibility index (Phi) is 6.26. The van der Waals surface area contributed by atoms with Crippen molar-refractivity contribution in [1.29, 1.82) is 0 Å². The number of anilines is 3. The summed E-state index contributed by atoms with van der Waals surface area (Å²) in [4.78, 5) is 29.4. The lowest BCUT2D eigenvalue weighted by molar-refractivity contribution is -0.137. The Balaban J connectivity index is 1.45. The van der Waals surface area contributed by atoms with Gasteiger partial charge < -0.3 is 15.6 Å². The van der Waals surface area contributed by atoms with Gasteiger partial charge >= 0.3 is 6.18 Å². The molecule has 11 heteroatoms. The van der Waals surface area contributed by atoms with Crippen molar-refractivity contribution in [3.63, 3.8) is 0 Å². The van der Waals surface area contributed by atoms with E-state index in [1.807, 2.05) is 25.1 Å². The highest BCUT2D eigenvalue weighted by atomic mass is 35.5. The van der Waals surface area contributed by atoms with Crippen molar-refractivity contribution in [2.75, 3.05) is 10.6 Å². The standard InChI is InChI=1S/C26H18ClF3N6O/c1-14-4-5-15(24(37)33-21-12-17(26(28,29)30)6-7-18(21)27)11-20(14)35-25-34-19-8-10-32-23(19)22(36-25)16-3-2-9-31-13-16/h2-13,32H,1H3,(H,33,37)(H,34,35,36). The number of carbonyl (C=O) groups is 1. The van der Waals surface area contributed by atoms with E-state index >= 15 is 0 Å². The molecule has 0 bridgehead atoms. The number of alkyl halides is 3. The number of aryl methyl sites for hydroxylation is 1. The summed E-state index contributed by atoms with van der Waals surface area (Å²) in [5.41, 5.74) is 3.38. The van der Waals surface area contributed by atoms with E-state index in [0.29, 0.717) is 22.8 Å². The second kappa shape index (κ2) is 9.55. The van der Waals surface area contributed by atoms with Gasteiger partial charge in [0, 0.05) is 35.4 Å². The summed E-state index contributed by atoms with van der Waals surface area (Å²) in [5, 5.41) is 5.60. The summed E-state index contributed by atoms with van der Waals surface area (Å²) in [7, 11) is 0. The first-order valence-electron chi connectivity index (χ1n) is 11.0. The van der Waals surface area contributed by atoms with Gasteiger partial charge in [-0.2, -0.15) is 13.2 Å². The number of carbonyl (C=O) groups excluding carboxylic acids is 1. The van der Waals surface area contributed by atoms with Crippen molar-refractivity contribution in [2.45, 2.75) is 13.1 Å². The number of nitrogens with one attached hydrogen (secondary N) is 3. The van der Waals surface area contributed by atoms with Crippen LogP contribution in [-0.2, 0) is 6.18 Å². The predicted molar refractivity (Wildman–Crippen MR) is 136 cm³/mol. The van der Waals surface area contributed by atoms with Crippen LogP contribution in [0.15, 0.2) is 73.2 Å². The maximum atomic E-state index is 13.1. The molecule has 0 atom stereocenters. The highest BCUT2D eigenvalue weighted by molar-refractivity contribution is 6.34. The maximum absolute atomic E-state index is 13.1. The molecule has 0 aliphatic heterocycles. The fourth-order valence-electron chi connectivity index (χ4n) is 3.72. The first kappa shape index (κ1) is 24.3. The molecule has 0 aliphatic carbocycles. The predicted octanol–water partition coefficient (Wildman–Crippen LogP) is 7.00. The zero-order valence-corrected chi connectivity index (χ0v) is 19.9. The minimum Gasteiger partial charge on any atom is -0.358 e. The highest BCUT2D eigenvalue weighted by Gasteiger charge is 2.31. The molecule has 0 radical (unpaired) electrons. The molecule has 0 aliphatic rings. The van der Waals surface area contributed by atoms with Crippen LogP contribution in [0.2, 0.25) is 5.02 Å². The Morgan fingerprint density at radius 2 is 1.86 bits per heavy atom. The quantitative estimate of drug-likeness (QED) is 0.231. The molecule has 3 aromatic heterocycles. The number of rotatable bonds is 5. The fourth-order valence-corrected chi connectivity index (χ4v) is 3.89. The third kappa shape index (κ3) is 5.10. The molecular weight excluding hydrogens is 505 g/mol. The number of aromatic amines is 1. The molecule has 0 fully saturated rings. The largest absolute Gasteiger partial charge is 0.416 e. The van der Waals surface area contributed by atoms with Crippen LogP contribution in [0.1, 0.15) is 21.5 Å². The number of amides is 1. The summed E-state index contributed by atoms with van der Waals surface area (Å²) in [6.45, 7) is 1.84. The number of halogens is 4. The minimum absolute atomic E-state index is 0.0112. The van der Waals surface area contributed by atoms with Gasteiger partial charge in [0.05, 0.1) is 27.3 Å². The van der Waals surface area contributed by atoms with Gasteiger partial charge in [-0.25, -0.2) is 9.97 Å². The van der Waals surface area contributed by atoms with Crippen molar-refractivity contribution < 1.29 is 18.0 Å². The van der Waals surface area contributed by atoms with Crippen molar-refractivity contribution in [3.8, 4) is 11.3 Å². The van der Waals surface area contributed by atoms with E-state index in [4.69, 9.17) is 11.6 Å². The first-order chi connectivity index (χ1) is 17.7. The lowest BCUT2D eigenvalue weighted by atomic mass is 10.1. The molecule has 0 spiro atoms. The molecule has 3 heterocycles. The summed E-state index contributed by atoms with van der Waals surface area (Å²) in [6, 6.07) is 13.1. The van der Waals surface area contributed by atoms with Crippen molar-refractivity contribution in [2.24, 2.45) is 0 Å². The molecule has 1 amide bonds. The molecule has 2 aromatic carbocycles. The van der Waals surface area contributed by atoms with Gasteiger partial charge in [0.2, 0.25) is 5.95 Å². The lowest BCUT2D eigenvalue weighted by Gasteiger charge is -2.14. The van der Waals surface area contributed by atoms with Crippen LogP contribution in [0.4, 0.5) is 30.5 Å². The van der Waals surface area contributed by atoms with Gasteiger partial charge in [-0.1, -0.05) is 17.7 Å². The molecule has 37 heavy (non-hydrogen) atoms. The van der Waals surface area contributed by atoms with Gasteiger partial charge in [0.1, 0.15) is 5.69 Å². The maximum Gasteiger partial charge on any atom is 0.416 e. The van der Waals surface area contributed by atoms with E-state index in [-0.39, 0.29) is 16.3 Å². The second-order valence-corrected chi connectivity index (χ2v) is 8.58. The van der Waals surface area contributed by atoms with E-state index in [9.17, 15) is 18.0 Å². The Morgan fingerprint density at radius 1 is 1.03 bits per heavy atom.